The SMILES string of the molecule is CCC(O)CCCCCCCC(=O)[O-].[K+]. The van der Waals surface area contributed by atoms with Gasteiger partial charge in [0.25, 0.3) is 0 Å². The van der Waals surface area contributed by atoms with Gasteiger partial charge in [0, 0.05) is 5.97 Å². The van der Waals surface area contributed by atoms with Gasteiger partial charge in [0.1, 0.15) is 0 Å². The molecule has 0 fully saturated rings. The topological polar surface area (TPSA) is 60.4 Å². The van der Waals surface area contributed by atoms with Crippen LogP contribution in [0.5, 0.6) is 0 Å². The molecule has 0 bridgehead atoms. The van der Waals surface area contributed by atoms with E-state index >= 15 is 0 Å². The molecular formula is C11H21KO3. The van der Waals surface area contributed by atoms with Gasteiger partial charge in [0.2, 0.25) is 0 Å². The summed E-state index contributed by atoms with van der Waals surface area (Å²) >= 11 is 0. The molecule has 0 aromatic carbocycles. The summed E-state index contributed by atoms with van der Waals surface area (Å²) < 4.78 is 0. The van der Waals surface area contributed by atoms with Gasteiger partial charge in [-0.2, -0.15) is 0 Å². The Balaban J connectivity index is 0. The predicted octanol–water partition coefficient (Wildman–Crippen LogP) is -1.76. The van der Waals surface area contributed by atoms with Crippen molar-refractivity contribution in [3.8, 4) is 0 Å². The molecule has 0 rings (SSSR count). The molecular weight excluding hydrogens is 219 g/mol. The van der Waals surface area contributed by atoms with Crippen LogP contribution in [0.2, 0.25) is 0 Å². The first kappa shape index (κ1) is 18.4. The standard InChI is InChI=1S/C11H22O3.K/c1-2-10(12)8-6-4-3-5-7-9-11(13)14;/h10,12H,2-9H2,1H3,(H,13,14);/q;+1/p-1. The largest absolute Gasteiger partial charge is 1.00 e. The summed E-state index contributed by atoms with van der Waals surface area (Å²) in [5, 5.41) is 19.3. The molecule has 0 aliphatic carbocycles. The van der Waals surface area contributed by atoms with E-state index in [4.69, 9.17) is 0 Å². The Kier molecular flexibility index (Phi) is 16.1. The van der Waals surface area contributed by atoms with Crippen molar-refractivity contribution in [2.24, 2.45) is 0 Å². The molecule has 84 valence electrons. The van der Waals surface area contributed by atoms with E-state index in [1.165, 1.54) is 0 Å². The van der Waals surface area contributed by atoms with Gasteiger partial charge in [-0.3, -0.25) is 0 Å². The molecule has 0 amide bonds. The van der Waals surface area contributed by atoms with Crippen molar-refractivity contribution < 1.29 is 66.4 Å². The Labute approximate surface area is 135 Å². The van der Waals surface area contributed by atoms with Gasteiger partial charge in [-0.15, -0.1) is 0 Å². The minimum Gasteiger partial charge on any atom is -0.550 e. The Morgan fingerprint density at radius 1 is 1.20 bits per heavy atom. The number of hydrogen-bond donors (Lipinski definition) is 1. The molecule has 0 aliphatic rings. The Morgan fingerprint density at radius 3 is 2.27 bits per heavy atom. The molecule has 1 unspecified atom stereocenters. The number of carboxylic acids is 1. The number of aliphatic hydroxyl groups is 1. The number of rotatable bonds is 9. The molecule has 3 nitrogen and oxygen atoms in total. The molecule has 1 atom stereocenters. The van der Waals surface area contributed by atoms with Crippen LogP contribution in [0.1, 0.15) is 58.3 Å². The molecule has 0 radical (unpaired) electrons. The van der Waals surface area contributed by atoms with E-state index in [-0.39, 0.29) is 63.9 Å². The first-order valence-corrected chi connectivity index (χ1v) is 5.54. The van der Waals surface area contributed by atoms with Crippen LogP contribution in [0.4, 0.5) is 0 Å². The van der Waals surface area contributed by atoms with Crippen molar-refractivity contribution in [1.82, 2.24) is 0 Å². The minimum absolute atomic E-state index is 0. The van der Waals surface area contributed by atoms with Gasteiger partial charge < -0.3 is 15.0 Å². The van der Waals surface area contributed by atoms with Crippen LogP contribution in [-0.4, -0.2) is 17.2 Å². The van der Waals surface area contributed by atoms with Crippen molar-refractivity contribution in [1.29, 1.82) is 0 Å². The average Bonchev–Trinajstić information content (AvgIpc) is 2.15. The monoisotopic (exact) mass is 240 g/mol. The van der Waals surface area contributed by atoms with Crippen molar-refractivity contribution >= 4 is 5.97 Å². The fourth-order valence-electron chi connectivity index (χ4n) is 1.38. The maximum atomic E-state index is 10.1. The molecule has 0 saturated carbocycles. The number of carbonyl (C=O) groups excluding carboxylic acids is 1. The van der Waals surface area contributed by atoms with Crippen LogP contribution in [0.3, 0.4) is 0 Å². The van der Waals surface area contributed by atoms with E-state index in [1.807, 2.05) is 6.92 Å². The van der Waals surface area contributed by atoms with Gasteiger partial charge in [-0.05, 0) is 25.7 Å². The van der Waals surface area contributed by atoms with Crippen LogP contribution < -0.4 is 56.5 Å². The van der Waals surface area contributed by atoms with Crippen molar-refractivity contribution in [3.05, 3.63) is 0 Å². The van der Waals surface area contributed by atoms with Crippen LogP contribution >= 0.6 is 0 Å². The van der Waals surface area contributed by atoms with Crippen molar-refractivity contribution in [2.75, 3.05) is 0 Å². The van der Waals surface area contributed by atoms with E-state index in [1.54, 1.807) is 0 Å². The number of aliphatic hydroxyl groups excluding tert-OH is 1. The van der Waals surface area contributed by atoms with Crippen LogP contribution in [-0.2, 0) is 4.79 Å². The normalized spacial score (nSPS) is 11.9. The number of aliphatic carboxylic acids is 1. The maximum Gasteiger partial charge on any atom is 1.00 e. The molecule has 0 heterocycles. The number of unbranched alkanes of at least 4 members (excludes halogenated alkanes) is 4. The third-order valence-electron chi connectivity index (χ3n) is 2.39. The van der Waals surface area contributed by atoms with Crippen molar-refractivity contribution in [3.63, 3.8) is 0 Å². The summed E-state index contributed by atoms with van der Waals surface area (Å²) in [7, 11) is 0. The summed E-state index contributed by atoms with van der Waals surface area (Å²) in [5.74, 6) is -0.952. The summed E-state index contributed by atoms with van der Waals surface area (Å²) in [6.45, 7) is 1.98. The van der Waals surface area contributed by atoms with Gasteiger partial charge in [-0.1, -0.05) is 32.6 Å². The van der Waals surface area contributed by atoms with E-state index < -0.39 is 5.97 Å². The second kappa shape index (κ2) is 13.1. The van der Waals surface area contributed by atoms with Crippen LogP contribution in [0.15, 0.2) is 0 Å². The van der Waals surface area contributed by atoms with E-state index in [2.05, 4.69) is 0 Å². The second-order valence-electron chi connectivity index (χ2n) is 3.74. The Bertz CT molecular complexity index is 151. The quantitative estimate of drug-likeness (QED) is 0.384. The zero-order valence-corrected chi connectivity index (χ0v) is 13.1. The molecule has 1 N–H and O–H groups in total. The maximum absolute atomic E-state index is 10.1. The molecule has 0 spiro atoms. The average molecular weight is 240 g/mol. The zero-order chi connectivity index (χ0) is 10.8. The molecule has 0 aromatic heterocycles. The van der Waals surface area contributed by atoms with Crippen molar-refractivity contribution in [2.45, 2.75) is 64.4 Å². The molecule has 15 heavy (non-hydrogen) atoms. The summed E-state index contributed by atoms with van der Waals surface area (Å²) in [4.78, 5) is 10.1. The van der Waals surface area contributed by atoms with Gasteiger partial charge >= 0.3 is 51.4 Å². The number of carbonyl (C=O) groups is 1. The third-order valence-corrected chi connectivity index (χ3v) is 2.39. The van der Waals surface area contributed by atoms with Gasteiger partial charge in [-0.25, -0.2) is 0 Å². The minimum atomic E-state index is -0.952. The van der Waals surface area contributed by atoms with E-state index in [9.17, 15) is 15.0 Å². The molecule has 0 aromatic rings. The van der Waals surface area contributed by atoms with E-state index in [0.717, 1.165) is 44.9 Å². The first-order chi connectivity index (χ1) is 6.66. The Morgan fingerprint density at radius 2 is 1.73 bits per heavy atom. The van der Waals surface area contributed by atoms with Gasteiger partial charge in [0.15, 0.2) is 0 Å². The molecule has 0 saturated heterocycles. The molecule has 4 heteroatoms. The first-order valence-electron chi connectivity index (χ1n) is 5.54. The van der Waals surface area contributed by atoms with Crippen LogP contribution in [0.25, 0.3) is 0 Å². The molecule has 0 aliphatic heterocycles. The fourth-order valence-corrected chi connectivity index (χ4v) is 1.38. The summed E-state index contributed by atoms with van der Waals surface area (Å²) in [6, 6.07) is 0. The third kappa shape index (κ3) is 15.1. The predicted molar refractivity (Wildman–Crippen MR) is 53.6 cm³/mol. The number of carboxylic acid groups (broad SMARTS) is 1. The van der Waals surface area contributed by atoms with Gasteiger partial charge in [0.05, 0.1) is 6.10 Å². The fraction of sp³-hybridized carbons (Fsp3) is 0.909. The summed E-state index contributed by atoms with van der Waals surface area (Å²) in [6.07, 6.45) is 6.58. The number of hydrogen-bond acceptors (Lipinski definition) is 3. The Hall–Kier alpha value is 1.07. The summed E-state index contributed by atoms with van der Waals surface area (Å²) in [5.41, 5.74) is 0. The van der Waals surface area contributed by atoms with Crippen LogP contribution in [0, 0.1) is 0 Å². The smallest absolute Gasteiger partial charge is 0.550 e. The van der Waals surface area contributed by atoms with E-state index in [0.29, 0.717) is 0 Å². The zero-order valence-electron chi connectivity index (χ0n) is 10.00. The second-order valence-corrected chi connectivity index (χ2v) is 3.74.